The van der Waals surface area contributed by atoms with Crippen molar-refractivity contribution in [2.45, 2.75) is 0 Å². The number of methoxy groups -OCH3 is 1. The Morgan fingerprint density at radius 1 is 1.17 bits per heavy atom. The Kier molecular flexibility index (Phi) is 5.07. The third kappa shape index (κ3) is 3.71. The fraction of sp³-hybridized carbons (Fsp3) is 0.231. The van der Waals surface area contributed by atoms with Gasteiger partial charge in [-0.25, -0.2) is 9.86 Å². The number of nitrogens with zero attached hydrogens (tertiary/aromatic N) is 1. The molecule has 0 saturated heterocycles. The molecule has 0 N–H and O–H groups in total. The summed E-state index contributed by atoms with van der Waals surface area (Å²) in [6.07, 6.45) is 3.02. The van der Waals surface area contributed by atoms with Gasteiger partial charge in [0.2, 0.25) is 0 Å². The van der Waals surface area contributed by atoms with Crippen LogP contribution in [-0.2, 0) is 14.4 Å². The molecule has 0 heterocycles. The summed E-state index contributed by atoms with van der Waals surface area (Å²) in [7, 11) is 4.26. The molecule has 96 valence electrons. The van der Waals surface area contributed by atoms with Crippen LogP contribution in [0.15, 0.2) is 30.3 Å². The van der Waals surface area contributed by atoms with E-state index in [0.717, 1.165) is 10.6 Å². The van der Waals surface area contributed by atoms with E-state index in [1.807, 2.05) is 0 Å². The van der Waals surface area contributed by atoms with Crippen molar-refractivity contribution < 1.29 is 19.2 Å². The summed E-state index contributed by atoms with van der Waals surface area (Å²) in [4.78, 5) is 27.3. The van der Waals surface area contributed by atoms with E-state index in [-0.39, 0.29) is 11.9 Å². The molecule has 1 amide bonds. The Balaban J connectivity index is 2.72. The van der Waals surface area contributed by atoms with Gasteiger partial charge in [0.25, 0.3) is 5.91 Å². The van der Waals surface area contributed by atoms with Crippen LogP contribution < -0.4 is 0 Å². The van der Waals surface area contributed by atoms with Crippen LogP contribution in [0.1, 0.15) is 15.9 Å². The van der Waals surface area contributed by atoms with Crippen molar-refractivity contribution in [3.63, 3.8) is 0 Å². The standard InChI is InChI=1S/C13H15NO4/c1-14(18-3)12(15)9-6-10-4-7-11(8-5-10)13(16)17-2/h4-9H,1-3H3/b9-6+. The lowest BCUT2D eigenvalue weighted by Crippen LogP contribution is -2.22. The Hall–Kier alpha value is -2.14. The SMILES string of the molecule is COC(=O)c1ccc(/C=C/C(=O)N(C)OC)cc1. The number of carbonyl (C=O) groups is 2. The van der Waals surface area contributed by atoms with E-state index in [1.165, 1.54) is 27.3 Å². The lowest BCUT2D eigenvalue weighted by atomic mass is 10.1. The van der Waals surface area contributed by atoms with Crippen LogP contribution in [0.5, 0.6) is 0 Å². The van der Waals surface area contributed by atoms with E-state index in [9.17, 15) is 9.59 Å². The molecule has 5 nitrogen and oxygen atoms in total. The second kappa shape index (κ2) is 6.56. The van der Waals surface area contributed by atoms with Crippen molar-refractivity contribution in [3.8, 4) is 0 Å². The van der Waals surface area contributed by atoms with Crippen molar-refractivity contribution in [3.05, 3.63) is 41.5 Å². The molecule has 1 aromatic rings. The van der Waals surface area contributed by atoms with Crippen LogP contribution in [0, 0.1) is 0 Å². The van der Waals surface area contributed by atoms with Gasteiger partial charge in [-0.15, -0.1) is 0 Å². The molecule has 0 saturated carbocycles. The van der Waals surface area contributed by atoms with Gasteiger partial charge < -0.3 is 4.74 Å². The van der Waals surface area contributed by atoms with Gasteiger partial charge in [-0.1, -0.05) is 12.1 Å². The van der Waals surface area contributed by atoms with Crippen LogP contribution in [-0.4, -0.2) is 38.2 Å². The summed E-state index contributed by atoms with van der Waals surface area (Å²) >= 11 is 0. The minimum Gasteiger partial charge on any atom is -0.465 e. The third-order valence-electron chi connectivity index (χ3n) is 2.33. The Bertz CT molecular complexity index is 451. The van der Waals surface area contributed by atoms with E-state index in [2.05, 4.69) is 4.74 Å². The van der Waals surface area contributed by atoms with E-state index in [0.29, 0.717) is 5.56 Å². The fourth-order valence-corrected chi connectivity index (χ4v) is 1.21. The molecule has 0 unspecified atom stereocenters. The monoisotopic (exact) mass is 249 g/mol. The summed E-state index contributed by atoms with van der Waals surface area (Å²) in [5.74, 6) is -0.657. The first-order valence-electron chi connectivity index (χ1n) is 5.26. The summed E-state index contributed by atoms with van der Waals surface area (Å²) in [5, 5.41) is 1.11. The molecular weight excluding hydrogens is 234 g/mol. The Labute approximate surface area is 106 Å². The topological polar surface area (TPSA) is 55.8 Å². The van der Waals surface area contributed by atoms with Crippen LogP contribution in [0.25, 0.3) is 6.08 Å². The average molecular weight is 249 g/mol. The highest BCUT2D eigenvalue weighted by atomic mass is 16.7. The first-order valence-corrected chi connectivity index (χ1v) is 5.26. The number of ether oxygens (including phenoxy) is 1. The summed E-state index contributed by atoms with van der Waals surface area (Å²) in [5.41, 5.74) is 1.27. The Morgan fingerprint density at radius 2 is 1.78 bits per heavy atom. The molecule has 0 aliphatic heterocycles. The predicted octanol–water partition coefficient (Wildman–Crippen LogP) is 1.51. The summed E-state index contributed by atoms with van der Waals surface area (Å²) in [6.45, 7) is 0. The average Bonchev–Trinajstić information content (AvgIpc) is 2.43. The second-order valence-electron chi connectivity index (χ2n) is 3.47. The zero-order chi connectivity index (χ0) is 13.5. The molecule has 1 rings (SSSR count). The van der Waals surface area contributed by atoms with Crippen LogP contribution in [0.2, 0.25) is 0 Å². The number of hydroxylamine groups is 2. The summed E-state index contributed by atoms with van der Waals surface area (Å²) in [6, 6.07) is 6.72. The Morgan fingerprint density at radius 3 is 2.28 bits per heavy atom. The number of hydrogen-bond donors (Lipinski definition) is 0. The first-order chi connectivity index (χ1) is 8.58. The number of esters is 1. The van der Waals surface area contributed by atoms with E-state index >= 15 is 0 Å². The van der Waals surface area contributed by atoms with Gasteiger partial charge in [-0.2, -0.15) is 0 Å². The molecule has 18 heavy (non-hydrogen) atoms. The van der Waals surface area contributed by atoms with Crippen LogP contribution >= 0.6 is 0 Å². The molecule has 0 bridgehead atoms. The highest BCUT2D eigenvalue weighted by molar-refractivity contribution is 5.92. The zero-order valence-corrected chi connectivity index (χ0v) is 10.5. The van der Waals surface area contributed by atoms with Gasteiger partial charge in [0.15, 0.2) is 0 Å². The maximum Gasteiger partial charge on any atom is 0.337 e. The quantitative estimate of drug-likeness (QED) is 0.461. The maximum absolute atomic E-state index is 11.4. The van der Waals surface area contributed by atoms with Gasteiger partial charge in [0.1, 0.15) is 0 Å². The van der Waals surface area contributed by atoms with Gasteiger partial charge in [-0.3, -0.25) is 9.63 Å². The lowest BCUT2D eigenvalue weighted by molar-refractivity contribution is -0.162. The fourth-order valence-electron chi connectivity index (χ4n) is 1.21. The molecule has 0 spiro atoms. The van der Waals surface area contributed by atoms with Gasteiger partial charge in [0, 0.05) is 13.1 Å². The van der Waals surface area contributed by atoms with E-state index in [4.69, 9.17) is 4.84 Å². The van der Waals surface area contributed by atoms with Gasteiger partial charge in [0.05, 0.1) is 19.8 Å². The van der Waals surface area contributed by atoms with E-state index < -0.39 is 0 Å². The van der Waals surface area contributed by atoms with Crippen molar-refractivity contribution in [2.75, 3.05) is 21.3 Å². The minimum absolute atomic E-state index is 0.269. The number of hydrogen-bond acceptors (Lipinski definition) is 4. The molecule has 0 fully saturated rings. The predicted molar refractivity (Wildman–Crippen MR) is 66.6 cm³/mol. The van der Waals surface area contributed by atoms with Gasteiger partial charge >= 0.3 is 5.97 Å². The number of amides is 1. The largest absolute Gasteiger partial charge is 0.465 e. The van der Waals surface area contributed by atoms with Crippen molar-refractivity contribution in [2.24, 2.45) is 0 Å². The van der Waals surface area contributed by atoms with Crippen molar-refractivity contribution in [1.29, 1.82) is 0 Å². The summed E-state index contributed by atoms with van der Waals surface area (Å²) < 4.78 is 4.59. The van der Waals surface area contributed by atoms with Crippen molar-refractivity contribution in [1.82, 2.24) is 5.06 Å². The third-order valence-corrected chi connectivity index (χ3v) is 2.33. The molecular formula is C13H15NO4. The zero-order valence-electron chi connectivity index (χ0n) is 10.5. The molecule has 5 heteroatoms. The maximum atomic E-state index is 11.4. The van der Waals surface area contributed by atoms with Crippen molar-refractivity contribution >= 4 is 18.0 Å². The lowest BCUT2D eigenvalue weighted by Gasteiger charge is -2.09. The minimum atomic E-state index is -0.388. The number of likely N-dealkylation sites (N-methyl/N-ethyl adjacent to an activating group) is 1. The molecule has 0 atom stereocenters. The molecule has 0 aliphatic carbocycles. The van der Waals surface area contributed by atoms with Gasteiger partial charge in [-0.05, 0) is 23.8 Å². The van der Waals surface area contributed by atoms with E-state index in [1.54, 1.807) is 30.3 Å². The molecule has 0 aliphatic rings. The smallest absolute Gasteiger partial charge is 0.337 e. The molecule has 0 radical (unpaired) electrons. The number of benzene rings is 1. The highest BCUT2D eigenvalue weighted by Crippen LogP contribution is 2.07. The molecule has 0 aromatic heterocycles. The first kappa shape index (κ1) is 13.9. The van der Waals surface area contributed by atoms with Crippen LogP contribution in [0.4, 0.5) is 0 Å². The highest BCUT2D eigenvalue weighted by Gasteiger charge is 2.04. The normalized spacial score (nSPS) is 10.4. The number of rotatable bonds is 4. The second-order valence-corrected chi connectivity index (χ2v) is 3.47. The van der Waals surface area contributed by atoms with Crippen LogP contribution in [0.3, 0.4) is 0 Å². The number of carbonyl (C=O) groups excluding carboxylic acids is 2. The molecule has 1 aromatic carbocycles.